The first-order valence-corrected chi connectivity index (χ1v) is 7.16. The van der Waals surface area contributed by atoms with Crippen LogP contribution in [0.2, 0.25) is 0 Å². The van der Waals surface area contributed by atoms with Gasteiger partial charge < -0.3 is 4.57 Å². The van der Waals surface area contributed by atoms with Crippen LogP contribution in [-0.2, 0) is 12.0 Å². The zero-order chi connectivity index (χ0) is 15.0. The molecule has 1 heterocycles. The molecule has 0 bridgehead atoms. The molecule has 0 spiro atoms. The molecule has 0 aliphatic heterocycles. The maximum Gasteiger partial charge on any atom is 0.123 e. The summed E-state index contributed by atoms with van der Waals surface area (Å²) < 4.78 is 15.6. The Morgan fingerprint density at radius 3 is 2.52 bits per heavy atom. The van der Waals surface area contributed by atoms with Gasteiger partial charge in [-0.2, -0.15) is 0 Å². The van der Waals surface area contributed by atoms with Crippen LogP contribution in [-0.4, -0.2) is 9.55 Å². The van der Waals surface area contributed by atoms with Crippen LogP contribution in [0, 0.1) is 5.82 Å². The topological polar surface area (TPSA) is 17.8 Å². The van der Waals surface area contributed by atoms with Crippen LogP contribution < -0.4 is 0 Å². The zero-order valence-corrected chi connectivity index (χ0v) is 12.6. The van der Waals surface area contributed by atoms with Gasteiger partial charge in [0.25, 0.3) is 0 Å². The van der Waals surface area contributed by atoms with Crippen LogP contribution in [0.15, 0.2) is 48.5 Å². The van der Waals surface area contributed by atoms with Crippen molar-refractivity contribution in [2.24, 2.45) is 0 Å². The van der Waals surface area contributed by atoms with Gasteiger partial charge in [-0.05, 0) is 50.6 Å². The highest BCUT2D eigenvalue weighted by molar-refractivity contribution is 5.76. The molecule has 0 atom stereocenters. The van der Waals surface area contributed by atoms with E-state index in [9.17, 15) is 4.39 Å². The van der Waals surface area contributed by atoms with Gasteiger partial charge in [-0.1, -0.05) is 24.3 Å². The third-order valence-electron chi connectivity index (χ3n) is 3.55. The number of halogens is 1. The third-order valence-corrected chi connectivity index (χ3v) is 3.55. The van der Waals surface area contributed by atoms with Gasteiger partial charge in [0.2, 0.25) is 0 Å². The van der Waals surface area contributed by atoms with Crippen LogP contribution in [0.4, 0.5) is 4.39 Å². The molecule has 3 aromatic rings. The summed E-state index contributed by atoms with van der Waals surface area (Å²) in [6.07, 6.45) is 0.629. The van der Waals surface area contributed by atoms with Gasteiger partial charge in [-0.15, -0.1) is 0 Å². The fourth-order valence-electron chi connectivity index (χ4n) is 2.77. The summed E-state index contributed by atoms with van der Waals surface area (Å²) in [6.45, 7) is 6.49. The average Bonchev–Trinajstić information content (AvgIpc) is 2.76. The maximum absolute atomic E-state index is 13.4. The Balaban J connectivity index is 2.13. The van der Waals surface area contributed by atoms with Crippen molar-refractivity contribution < 1.29 is 4.39 Å². The summed E-state index contributed by atoms with van der Waals surface area (Å²) in [6, 6.07) is 14.9. The Morgan fingerprint density at radius 2 is 1.81 bits per heavy atom. The molecular formula is C18H19FN2. The number of imidazole rings is 1. The average molecular weight is 282 g/mol. The summed E-state index contributed by atoms with van der Waals surface area (Å²) in [7, 11) is 0. The van der Waals surface area contributed by atoms with Crippen molar-refractivity contribution in [1.82, 2.24) is 9.55 Å². The van der Waals surface area contributed by atoms with Crippen molar-refractivity contribution in [1.29, 1.82) is 0 Å². The first-order chi connectivity index (χ1) is 9.95. The number of benzene rings is 2. The molecule has 1 aromatic heterocycles. The molecule has 3 heteroatoms. The van der Waals surface area contributed by atoms with E-state index in [4.69, 9.17) is 4.98 Å². The summed E-state index contributed by atoms with van der Waals surface area (Å²) in [5, 5.41) is 0. The van der Waals surface area contributed by atoms with E-state index in [1.165, 1.54) is 6.07 Å². The first kappa shape index (κ1) is 13.8. The monoisotopic (exact) mass is 282 g/mol. The maximum atomic E-state index is 13.4. The summed E-state index contributed by atoms with van der Waals surface area (Å²) >= 11 is 0. The van der Waals surface area contributed by atoms with Crippen molar-refractivity contribution in [3.63, 3.8) is 0 Å². The predicted octanol–water partition coefficient (Wildman–Crippen LogP) is 4.52. The standard InChI is InChI=1S/C18H19FN2/c1-18(2,3)21-16-10-5-4-9-15(16)20-17(21)12-13-7-6-8-14(19)11-13/h4-11H,12H2,1-3H3. The van der Waals surface area contributed by atoms with Gasteiger partial charge in [0, 0.05) is 12.0 Å². The number of fused-ring (bicyclic) bond motifs is 1. The highest BCUT2D eigenvalue weighted by atomic mass is 19.1. The van der Waals surface area contributed by atoms with E-state index in [0.717, 1.165) is 22.4 Å². The summed E-state index contributed by atoms with van der Waals surface area (Å²) in [5.74, 6) is 0.764. The van der Waals surface area contributed by atoms with Gasteiger partial charge in [0.1, 0.15) is 11.6 Å². The molecule has 0 saturated heterocycles. The molecule has 0 aliphatic rings. The van der Waals surface area contributed by atoms with Crippen molar-refractivity contribution in [2.75, 3.05) is 0 Å². The lowest BCUT2D eigenvalue weighted by Crippen LogP contribution is -2.24. The highest BCUT2D eigenvalue weighted by Crippen LogP contribution is 2.26. The highest BCUT2D eigenvalue weighted by Gasteiger charge is 2.21. The fraction of sp³-hybridized carbons (Fsp3) is 0.278. The quantitative estimate of drug-likeness (QED) is 0.675. The molecule has 0 unspecified atom stereocenters. The molecular weight excluding hydrogens is 263 g/mol. The van der Waals surface area contributed by atoms with E-state index in [-0.39, 0.29) is 11.4 Å². The van der Waals surface area contributed by atoms with Crippen molar-refractivity contribution in [3.8, 4) is 0 Å². The van der Waals surface area contributed by atoms with Crippen molar-refractivity contribution >= 4 is 11.0 Å². The van der Waals surface area contributed by atoms with Crippen LogP contribution in [0.1, 0.15) is 32.2 Å². The Hall–Kier alpha value is -2.16. The third kappa shape index (κ3) is 2.68. The minimum atomic E-state index is -0.203. The SMILES string of the molecule is CC(C)(C)n1c(Cc2cccc(F)c2)nc2ccccc21. The molecule has 0 aliphatic carbocycles. The second kappa shape index (κ2) is 4.99. The lowest BCUT2D eigenvalue weighted by Gasteiger charge is -2.24. The number of aromatic nitrogens is 2. The van der Waals surface area contributed by atoms with Gasteiger partial charge in [-0.3, -0.25) is 0 Å². The number of rotatable bonds is 2. The fourth-order valence-corrected chi connectivity index (χ4v) is 2.77. The van der Waals surface area contributed by atoms with E-state index in [1.807, 2.05) is 24.3 Å². The van der Waals surface area contributed by atoms with Crippen LogP contribution in [0.5, 0.6) is 0 Å². The second-order valence-corrected chi connectivity index (χ2v) is 6.33. The Kier molecular flexibility index (Phi) is 3.28. The van der Waals surface area contributed by atoms with E-state index < -0.39 is 0 Å². The molecule has 0 fully saturated rings. The number of nitrogens with zero attached hydrogens (tertiary/aromatic N) is 2. The van der Waals surface area contributed by atoms with Crippen molar-refractivity contribution in [2.45, 2.75) is 32.7 Å². The minimum absolute atomic E-state index is 0.0707. The summed E-state index contributed by atoms with van der Waals surface area (Å²) in [4.78, 5) is 4.74. The van der Waals surface area contributed by atoms with E-state index in [1.54, 1.807) is 12.1 Å². The lowest BCUT2D eigenvalue weighted by atomic mass is 10.1. The van der Waals surface area contributed by atoms with E-state index in [2.05, 4.69) is 31.4 Å². The Morgan fingerprint density at radius 1 is 1.05 bits per heavy atom. The van der Waals surface area contributed by atoms with Gasteiger partial charge in [0.15, 0.2) is 0 Å². The molecule has 21 heavy (non-hydrogen) atoms. The summed E-state index contributed by atoms with van der Waals surface area (Å²) in [5.41, 5.74) is 2.98. The molecule has 108 valence electrons. The molecule has 0 saturated carbocycles. The molecule has 0 N–H and O–H groups in total. The van der Waals surface area contributed by atoms with Crippen LogP contribution in [0.3, 0.4) is 0 Å². The van der Waals surface area contributed by atoms with Gasteiger partial charge in [-0.25, -0.2) is 9.37 Å². The Bertz CT molecular complexity index is 781. The normalized spacial score (nSPS) is 12.0. The predicted molar refractivity (Wildman–Crippen MR) is 83.9 cm³/mol. The number of para-hydroxylation sites is 2. The molecule has 0 radical (unpaired) electrons. The number of hydrogen-bond donors (Lipinski definition) is 0. The smallest absolute Gasteiger partial charge is 0.123 e. The van der Waals surface area contributed by atoms with Gasteiger partial charge >= 0.3 is 0 Å². The molecule has 2 aromatic carbocycles. The molecule has 2 nitrogen and oxygen atoms in total. The molecule has 3 rings (SSSR count). The van der Waals surface area contributed by atoms with E-state index >= 15 is 0 Å². The largest absolute Gasteiger partial charge is 0.322 e. The van der Waals surface area contributed by atoms with Crippen LogP contribution >= 0.6 is 0 Å². The lowest BCUT2D eigenvalue weighted by molar-refractivity contribution is 0.396. The number of hydrogen-bond acceptors (Lipinski definition) is 1. The second-order valence-electron chi connectivity index (χ2n) is 6.33. The van der Waals surface area contributed by atoms with Crippen LogP contribution in [0.25, 0.3) is 11.0 Å². The first-order valence-electron chi connectivity index (χ1n) is 7.16. The zero-order valence-electron chi connectivity index (χ0n) is 12.6. The Labute approximate surface area is 124 Å². The van der Waals surface area contributed by atoms with Crippen molar-refractivity contribution in [3.05, 3.63) is 65.7 Å². The van der Waals surface area contributed by atoms with E-state index in [0.29, 0.717) is 6.42 Å². The molecule has 0 amide bonds. The minimum Gasteiger partial charge on any atom is -0.322 e. The van der Waals surface area contributed by atoms with Gasteiger partial charge in [0.05, 0.1) is 11.0 Å².